The molecule has 0 bridgehead atoms. The molecule has 4 rings (SSSR count). The first-order valence-corrected chi connectivity index (χ1v) is 8.51. The molecule has 5 heteroatoms. The van der Waals surface area contributed by atoms with E-state index >= 15 is 0 Å². The first kappa shape index (κ1) is 16.1. The number of aryl methyl sites for hydroxylation is 3. The molecule has 2 heterocycles. The SMILES string of the molecule is Cc1ccc2nc(Nc3nc(C)cc(-c4ccccc4)n3)nc(C)c2c1. The van der Waals surface area contributed by atoms with Crippen LogP contribution in [0.3, 0.4) is 0 Å². The minimum absolute atomic E-state index is 0.495. The van der Waals surface area contributed by atoms with E-state index in [-0.39, 0.29) is 0 Å². The van der Waals surface area contributed by atoms with E-state index in [0.29, 0.717) is 11.9 Å². The molecule has 0 saturated carbocycles. The van der Waals surface area contributed by atoms with Crippen LogP contribution in [0, 0.1) is 20.8 Å². The summed E-state index contributed by atoms with van der Waals surface area (Å²) in [5, 5.41) is 4.22. The number of anilines is 2. The molecule has 4 aromatic rings. The maximum atomic E-state index is 4.62. The van der Waals surface area contributed by atoms with Crippen molar-refractivity contribution in [3.63, 3.8) is 0 Å². The smallest absolute Gasteiger partial charge is 0.230 e. The fourth-order valence-electron chi connectivity index (χ4n) is 2.93. The van der Waals surface area contributed by atoms with Crippen LogP contribution in [0.1, 0.15) is 17.0 Å². The molecule has 0 aliphatic heterocycles. The Hall–Kier alpha value is -3.34. The van der Waals surface area contributed by atoms with Crippen LogP contribution in [-0.4, -0.2) is 19.9 Å². The van der Waals surface area contributed by atoms with Crippen molar-refractivity contribution in [3.8, 4) is 11.3 Å². The number of benzene rings is 2. The number of nitrogens with zero attached hydrogens (tertiary/aromatic N) is 4. The zero-order valence-electron chi connectivity index (χ0n) is 15.0. The van der Waals surface area contributed by atoms with Crippen LogP contribution in [0.15, 0.2) is 54.6 Å². The van der Waals surface area contributed by atoms with E-state index in [2.05, 4.69) is 44.3 Å². The highest BCUT2D eigenvalue weighted by Gasteiger charge is 2.09. The van der Waals surface area contributed by atoms with Crippen LogP contribution in [0.25, 0.3) is 22.2 Å². The van der Waals surface area contributed by atoms with Crippen LogP contribution in [0.2, 0.25) is 0 Å². The fraction of sp³-hybridized carbons (Fsp3) is 0.143. The minimum atomic E-state index is 0.495. The van der Waals surface area contributed by atoms with Gasteiger partial charge >= 0.3 is 0 Å². The molecule has 0 saturated heterocycles. The lowest BCUT2D eigenvalue weighted by Gasteiger charge is -2.09. The van der Waals surface area contributed by atoms with E-state index in [1.807, 2.05) is 56.3 Å². The van der Waals surface area contributed by atoms with Gasteiger partial charge in [0.2, 0.25) is 11.9 Å². The van der Waals surface area contributed by atoms with Gasteiger partial charge in [-0.1, -0.05) is 42.0 Å². The molecule has 26 heavy (non-hydrogen) atoms. The summed E-state index contributed by atoms with van der Waals surface area (Å²) < 4.78 is 0. The average Bonchev–Trinajstić information content (AvgIpc) is 2.63. The molecule has 1 N–H and O–H groups in total. The number of aromatic nitrogens is 4. The molecule has 0 fully saturated rings. The van der Waals surface area contributed by atoms with Crippen molar-refractivity contribution in [2.75, 3.05) is 5.32 Å². The molecule has 5 nitrogen and oxygen atoms in total. The molecule has 0 amide bonds. The van der Waals surface area contributed by atoms with Crippen LogP contribution in [0.5, 0.6) is 0 Å². The van der Waals surface area contributed by atoms with Crippen LogP contribution in [0.4, 0.5) is 11.9 Å². The predicted molar refractivity (Wildman–Crippen MR) is 104 cm³/mol. The third kappa shape index (κ3) is 3.24. The number of rotatable bonds is 3. The molecular formula is C21H19N5. The monoisotopic (exact) mass is 341 g/mol. The Bertz CT molecular complexity index is 1090. The molecular weight excluding hydrogens is 322 g/mol. The van der Waals surface area contributed by atoms with E-state index in [4.69, 9.17) is 0 Å². The Labute approximate surface area is 152 Å². The van der Waals surface area contributed by atoms with Crippen molar-refractivity contribution >= 4 is 22.8 Å². The first-order chi connectivity index (χ1) is 12.6. The van der Waals surface area contributed by atoms with Gasteiger partial charge in [0.05, 0.1) is 16.9 Å². The van der Waals surface area contributed by atoms with E-state index in [1.165, 1.54) is 5.56 Å². The molecule has 0 atom stereocenters. The Balaban J connectivity index is 1.72. The third-order valence-electron chi connectivity index (χ3n) is 4.19. The van der Waals surface area contributed by atoms with Crippen molar-refractivity contribution in [2.24, 2.45) is 0 Å². The van der Waals surface area contributed by atoms with Gasteiger partial charge in [-0.3, -0.25) is 5.32 Å². The second-order valence-electron chi connectivity index (χ2n) is 6.36. The number of hydrogen-bond acceptors (Lipinski definition) is 5. The summed E-state index contributed by atoms with van der Waals surface area (Å²) in [6, 6.07) is 18.2. The van der Waals surface area contributed by atoms with Gasteiger partial charge in [0.1, 0.15) is 0 Å². The highest BCUT2D eigenvalue weighted by Crippen LogP contribution is 2.22. The molecule has 2 aromatic heterocycles. The molecule has 2 aromatic carbocycles. The van der Waals surface area contributed by atoms with Crippen molar-refractivity contribution < 1.29 is 0 Å². The third-order valence-corrected chi connectivity index (χ3v) is 4.19. The Morgan fingerprint density at radius 1 is 0.731 bits per heavy atom. The number of nitrogens with one attached hydrogen (secondary N) is 1. The molecule has 0 radical (unpaired) electrons. The van der Waals surface area contributed by atoms with Gasteiger partial charge in [-0.2, -0.15) is 0 Å². The molecule has 0 aliphatic carbocycles. The Morgan fingerprint density at radius 3 is 2.31 bits per heavy atom. The summed E-state index contributed by atoms with van der Waals surface area (Å²) in [6.07, 6.45) is 0. The van der Waals surface area contributed by atoms with Crippen LogP contribution < -0.4 is 5.32 Å². The van der Waals surface area contributed by atoms with E-state index in [0.717, 1.165) is 33.5 Å². The largest absolute Gasteiger partial charge is 0.293 e. The fourth-order valence-corrected chi connectivity index (χ4v) is 2.93. The summed E-state index contributed by atoms with van der Waals surface area (Å²) in [4.78, 5) is 18.3. The lowest BCUT2D eigenvalue weighted by molar-refractivity contribution is 1.07. The normalized spacial score (nSPS) is 10.9. The van der Waals surface area contributed by atoms with Crippen molar-refractivity contribution in [1.82, 2.24) is 19.9 Å². The zero-order valence-corrected chi connectivity index (χ0v) is 15.0. The van der Waals surface area contributed by atoms with Gasteiger partial charge in [0.15, 0.2) is 0 Å². The highest BCUT2D eigenvalue weighted by molar-refractivity contribution is 5.82. The topological polar surface area (TPSA) is 63.6 Å². The lowest BCUT2D eigenvalue weighted by Crippen LogP contribution is -2.04. The molecule has 128 valence electrons. The number of fused-ring (bicyclic) bond motifs is 1. The average molecular weight is 341 g/mol. The maximum absolute atomic E-state index is 4.62. The van der Waals surface area contributed by atoms with E-state index < -0.39 is 0 Å². The van der Waals surface area contributed by atoms with E-state index in [1.54, 1.807) is 0 Å². The Kier molecular flexibility index (Phi) is 4.05. The molecule has 0 unspecified atom stereocenters. The van der Waals surface area contributed by atoms with Gasteiger partial charge in [-0.15, -0.1) is 0 Å². The standard InChI is InChI=1S/C21H19N5/c1-13-9-10-18-17(11-13)15(3)23-21(24-18)26-20-22-14(2)12-19(25-20)16-7-5-4-6-8-16/h4-12H,1-3H3,(H,22,23,24,25,26). The van der Waals surface area contributed by atoms with Gasteiger partial charge in [-0.25, -0.2) is 19.9 Å². The minimum Gasteiger partial charge on any atom is -0.293 e. The predicted octanol–water partition coefficient (Wildman–Crippen LogP) is 4.76. The van der Waals surface area contributed by atoms with Crippen molar-refractivity contribution in [3.05, 3.63) is 71.5 Å². The van der Waals surface area contributed by atoms with Gasteiger partial charge < -0.3 is 0 Å². The van der Waals surface area contributed by atoms with Crippen LogP contribution >= 0.6 is 0 Å². The lowest BCUT2D eigenvalue weighted by atomic mass is 10.1. The van der Waals surface area contributed by atoms with Gasteiger partial charge in [0, 0.05) is 16.6 Å². The van der Waals surface area contributed by atoms with Gasteiger partial charge in [-0.05, 0) is 39.0 Å². The van der Waals surface area contributed by atoms with E-state index in [9.17, 15) is 0 Å². The summed E-state index contributed by atoms with van der Waals surface area (Å²) in [7, 11) is 0. The molecule has 0 aliphatic rings. The summed E-state index contributed by atoms with van der Waals surface area (Å²) in [5.74, 6) is 0.998. The number of hydrogen-bond donors (Lipinski definition) is 1. The summed E-state index contributed by atoms with van der Waals surface area (Å²) >= 11 is 0. The van der Waals surface area contributed by atoms with Crippen LogP contribution in [-0.2, 0) is 0 Å². The molecule has 0 spiro atoms. The summed E-state index contributed by atoms with van der Waals surface area (Å²) in [5.41, 5.74) is 5.83. The zero-order chi connectivity index (χ0) is 18.1. The highest BCUT2D eigenvalue weighted by atomic mass is 15.2. The van der Waals surface area contributed by atoms with Crippen molar-refractivity contribution in [2.45, 2.75) is 20.8 Å². The second kappa shape index (κ2) is 6.52. The van der Waals surface area contributed by atoms with Crippen molar-refractivity contribution in [1.29, 1.82) is 0 Å². The summed E-state index contributed by atoms with van der Waals surface area (Å²) in [6.45, 7) is 6.01. The Morgan fingerprint density at radius 2 is 1.50 bits per heavy atom. The quantitative estimate of drug-likeness (QED) is 0.582. The first-order valence-electron chi connectivity index (χ1n) is 8.51. The second-order valence-corrected chi connectivity index (χ2v) is 6.36. The van der Waals surface area contributed by atoms with Gasteiger partial charge in [0.25, 0.3) is 0 Å². The maximum Gasteiger partial charge on any atom is 0.230 e.